The Labute approximate surface area is 546 Å². The molecule has 9 heteroatoms. The summed E-state index contributed by atoms with van der Waals surface area (Å²) < 4.78 is 22.9. The van der Waals surface area contributed by atoms with Crippen molar-refractivity contribution in [1.29, 1.82) is 0 Å². The number of hydrogen-bond donors (Lipinski definition) is 1. The Kier molecular flexibility index (Phi) is 64.4. The maximum absolute atomic E-state index is 13.0. The number of quaternary nitrogens is 1. The van der Waals surface area contributed by atoms with E-state index in [1.54, 1.807) is 0 Å². The zero-order chi connectivity index (χ0) is 64.7. The Morgan fingerprint density at radius 3 is 0.910 bits per heavy atom. The van der Waals surface area contributed by atoms with Gasteiger partial charge in [-0.05, 0) is 128 Å². The maximum Gasteiger partial charge on any atom is 0.361 e. The van der Waals surface area contributed by atoms with Gasteiger partial charge in [0.1, 0.15) is 13.2 Å². The van der Waals surface area contributed by atoms with Gasteiger partial charge in [0.15, 0.2) is 6.10 Å². The van der Waals surface area contributed by atoms with Gasteiger partial charge in [0, 0.05) is 12.8 Å². The summed E-state index contributed by atoms with van der Waals surface area (Å²) in [6.07, 6.45) is 100. The molecule has 0 saturated carbocycles. The molecule has 502 valence electrons. The van der Waals surface area contributed by atoms with E-state index in [0.717, 1.165) is 128 Å². The highest BCUT2D eigenvalue weighted by Gasteiger charge is 2.25. The molecule has 0 aliphatic carbocycles. The Morgan fingerprint density at radius 2 is 0.607 bits per heavy atom. The van der Waals surface area contributed by atoms with E-state index in [0.29, 0.717) is 23.9 Å². The van der Waals surface area contributed by atoms with E-state index in [9.17, 15) is 19.5 Å². The van der Waals surface area contributed by atoms with Crippen LogP contribution in [0.25, 0.3) is 0 Å². The van der Waals surface area contributed by atoms with Crippen LogP contribution in [-0.2, 0) is 33.3 Å². The molecule has 0 saturated heterocycles. The molecule has 1 N–H and O–H groups in total. The van der Waals surface area contributed by atoms with Gasteiger partial charge in [-0.3, -0.25) is 9.59 Å². The number of ether oxygens (including phenoxy) is 4. The lowest BCUT2D eigenvalue weighted by molar-refractivity contribution is -0.870. The Balaban J connectivity index is 4.16. The second-order valence-corrected chi connectivity index (χ2v) is 24.1. The summed E-state index contributed by atoms with van der Waals surface area (Å²) in [4.78, 5) is 37.6. The van der Waals surface area contributed by atoms with E-state index in [1.807, 2.05) is 21.1 Å². The van der Waals surface area contributed by atoms with Crippen molar-refractivity contribution in [3.8, 4) is 0 Å². The van der Waals surface area contributed by atoms with Gasteiger partial charge in [-0.1, -0.05) is 287 Å². The third-order valence-electron chi connectivity index (χ3n) is 14.5. The van der Waals surface area contributed by atoms with Crippen LogP contribution in [0.2, 0.25) is 0 Å². The van der Waals surface area contributed by atoms with Gasteiger partial charge in [-0.15, -0.1) is 0 Å². The standard InChI is InChI=1S/C80H129NO8/c1-6-8-10-12-14-16-18-20-22-24-26-28-30-32-33-34-35-36-37-38-39-40-41-42-43-44-45-47-49-51-53-55-57-59-61-63-65-67-69-71-78(83)89-76(75-88-80(79(84)85)86-73-72-81(3,4)5)74-87-77(82)70-68-66-64-62-60-58-56-54-52-50-48-46-31-29-27-25-23-21-19-17-15-13-11-9-7-2/h8-11,14-17,20-23,26-29,32-33,35-36,38-39,46,48,52,54,58,60,76,80H,6-7,12-13,18-19,24-25,30-31,34,37,40-45,47,49-51,53,55-57,59,61-75H2,1-5H3/p+1/b10-8-,11-9-,16-14-,17-15-,22-20-,23-21-,28-26-,29-27-,33-32-,36-35-,39-38-,48-46-,54-52-,60-58-. The fraction of sp³-hybridized carbons (Fsp3) is 0.613. The molecule has 0 bridgehead atoms. The van der Waals surface area contributed by atoms with E-state index in [2.05, 4.69) is 184 Å². The number of likely N-dealkylation sites (N-methyl/N-ethyl adjacent to an activating group) is 1. The van der Waals surface area contributed by atoms with Crippen molar-refractivity contribution < 1.29 is 42.9 Å². The lowest BCUT2D eigenvalue weighted by atomic mass is 10.0. The number of aliphatic carboxylic acids is 1. The monoisotopic (exact) mass is 1230 g/mol. The molecule has 0 aromatic rings. The minimum absolute atomic E-state index is 0.174. The second-order valence-electron chi connectivity index (χ2n) is 24.1. The Bertz CT molecular complexity index is 2070. The number of rotatable bonds is 63. The molecule has 89 heavy (non-hydrogen) atoms. The lowest BCUT2D eigenvalue weighted by Crippen LogP contribution is -2.40. The van der Waals surface area contributed by atoms with Gasteiger partial charge in [0.2, 0.25) is 0 Å². The average molecular weight is 1230 g/mol. The Morgan fingerprint density at radius 1 is 0.337 bits per heavy atom. The van der Waals surface area contributed by atoms with E-state index in [1.165, 1.54) is 89.9 Å². The summed E-state index contributed by atoms with van der Waals surface area (Å²) in [5, 5.41) is 9.75. The lowest BCUT2D eigenvalue weighted by Gasteiger charge is -2.25. The third-order valence-corrected chi connectivity index (χ3v) is 14.5. The number of esters is 2. The van der Waals surface area contributed by atoms with Crippen molar-refractivity contribution in [2.75, 3.05) is 47.5 Å². The van der Waals surface area contributed by atoms with Crippen LogP contribution in [0.5, 0.6) is 0 Å². The van der Waals surface area contributed by atoms with Crippen molar-refractivity contribution in [2.45, 2.75) is 270 Å². The number of hydrogen-bond acceptors (Lipinski definition) is 7. The number of carboxylic acids is 1. The molecular weight excluding hydrogens is 1100 g/mol. The highest BCUT2D eigenvalue weighted by atomic mass is 16.7. The van der Waals surface area contributed by atoms with Crippen molar-refractivity contribution in [2.24, 2.45) is 0 Å². The second kappa shape index (κ2) is 68.6. The van der Waals surface area contributed by atoms with Crippen molar-refractivity contribution >= 4 is 17.9 Å². The van der Waals surface area contributed by atoms with Crippen LogP contribution in [0.4, 0.5) is 0 Å². The number of carboxylic acid groups (broad SMARTS) is 1. The number of allylic oxidation sites excluding steroid dienone is 28. The van der Waals surface area contributed by atoms with E-state index < -0.39 is 24.3 Å². The quantitative estimate of drug-likeness (QED) is 0.0211. The van der Waals surface area contributed by atoms with Crippen molar-refractivity contribution in [1.82, 2.24) is 0 Å². The van der Waals surface area contributed by atoms with Crippen LogP contribution in [-0.4, -0.2) is 87.4 Å². The van der Waals surface area contributed by atoms with Crippen molar-refractivity contribution in [3.05, 3.63) is 170 Å². The molecule has 0 rings (SSSR count). The van der Waals surface area contributed by atoms with E-state index >= 15 is 0 Å². The molecule has 0 aliphatic heterocycles. The molecular formula is C80H130NO8+. The highest BCUT2D eigenvalue weighted by molar-refractivity contribution is 5.71. The molecule has 0 heterocycles. The number of carbonyl (C=O) groups is 3. The molecule has 2 atom stereocenters. The molecule has 0 aromatic heterocycles. The largest absolute Gasteiger partial charge is 0.477 e. The summed E-state index contributed by atoms with van der Waals surface area (Å²) in [5.74, 6) is -2.06. The summed E-state index contributed by atoms with van der Waals surface area (Å²) >= 11 is 0. The summed E-state index contributed by atoms with van der Waals surface area (Å²) in [6.45, 7) is 4.60. The van der Waals surface area contributed by atoms with E-state index in [4.69, 9.17) is 18.9 Å². The zero-order valence-corrected chi connectivity index (χ0v) is 57.3. The summed E-state index contributed by atoms with van der Waals surface area (Å²) in [7, 11) is 5.96. The first kappa shape index (κ1) is 83.7. The van der Waals surface area contributed by atoms with Gasteiger partial charge in [0.25, 0.3) is 6.29 Å². The van der Waals surface area contributed by atoms with Crippen LogP contribution < -0.4 is 0 Å². The molecule has 0 spiro atoms. The fourth-order valence-electron chi connectivity index (χ4n) is 9.15. The molecule has 0 fully saturated rings. The normalized spacial score (nSPS) is 13.8. The van der Waals surface area contributed by atoms with Gasteiger partial charge in [0.05, 0.1) is 34.4 Å². The summed E-state index contributed by atoms with van der Waals surface area (Å²) in [6, 6.07) is 0. The molecule has 0 radical (unpaired) electrons. The molecule has 0 aliphatic rings. The molecule has 0 aromatic carbocycles. The number of carbonyl (C=O) groups excluding carboxylic acids is 2. The zero-order valence-electron chi connectivity index (χ0n) is 57.3. The van der Waals surface area contributed by atoms with Crippen molar-refractivity contribution in [3.63, 3.8) is 0 Å². The molecule has 2 unspecified atom stereocenters. The van der Waals surface area contributed by atoms with Crippen LogP contribution >= 0.6 is 0 Å². The minimum Gasteiger partial charge on any atom is -0.477 e. The first-order chi connectivity index (χ1) is 43.6. The topological polar surface area (TPSA) is 108 Å². The van der Waals surface area contributed by atoms with E-state index in [-0.39, 0.29) is 38.6 Å². The SMILES string of the molecule is CC/C=C\C/C=C\C/C=C\C/C=C\C/C=C\C/C=C\C/C=C\CCCCCCCCCCCCCCCCCCCC(=O)OC(COC(=O)CCCCC/C=C\C/C=C\C/C=C\C/C=C\C/C=C\C/C=C\C/C=C\CC)COC(OCC[N+](C)(C)C)C(=O)O. The highest BCUT2D eigenvalue weighted by Crippen LogP contribution is 2.16. The van der Waals surface area contributed by atoms with Gasteiger partial charge in [-0.25, -0.2) is 4.79 Å². The van der Waals surface area contributed by atoms with Gasteiger partial charge >= 0.3 is 17.9 Å². The summed E-state index contributed by atoms with van der Waals surface area (Å²) in [5.41, 5.74) is 0. The predicted molar refractivity (Wildman–Crippen MR) is 382 cm³/mol. The fourth-order valence-corrected chi connectivity index (χ4v) is 9.15. The first-order valence-electron chi connectivity index (χ1n) is 35.3. The van der Waals surface area contributed by atoms with Gasteiger partial charge < -0.3 is 28.5 Å². The first-order valence-corrected chi connectivity index (χ1v) is 35.3. The average Bonchev–Trinajstić information content (AvgIpc) is 3.64. The predicted octanol–water partition coefficient (Wildman–Crippen LogP) is 22.2. The van der Waals surface area contributed by atoms with Crippen LogP contribution in [0.3, 0.4) is 0 Å². The maximum atomic E-state index is 13.0. The Hall–Kier alpha value is -5.35. The van der Waals surface area contributed by atoms with Crippen LogP contribution in [0.1, 0.15) is 258 Å². The number of nitrogens with zero attached hydrogens (tertiary/aromatic N) is 1. The number of unbranched alkanes of at least 4 members (excludes halogenated alkanes) is 20. The third kappa shape index (κ3) is 70.0. The minimum atomic E-state index is -1.53. The smallest absolute Gasteiger partial charge is 0.361 e. The van der Waals surface area contributed by atoms with Gasteiger partial charge in [-0.2, -0.15) is 0 Å². The van der Waals surface area contributed by atoms with Crippen LogP contribution in [0, 0.1) is 0 Å². The molecule has 9 nitrogen and oxygen atoms in total. The molecule has 0 amide bonds. The van der Waals surface area contributed by atoms with Crippen LogP contribution in [0.15, 0.2) is 170 Å².